The third kappa shape index (κ3) is 2.68. The van der Waals surface area contributed by atoms with Crippen LogP contribution in [0.3, 0.4) is 0 Å². The molecule has 0 saturated carbocycles. The van der Waals surface area contributed by atoms with Crippen molar-refractivity contribution in [2.75, 3.05) is 5.73 Å². The van der Waals surface area contributed by atoms with Crippen LogP contribution in [0.4, 0.5) is 5.69 Å². The van der Waals surface area contributed by atoms with Gasteiger partial charge in [0.1, 0.15) is 5.75 Å². The molecule has 2 aromatic carbocycles. The van der Waals surface area contributed by atoms with Crippen molar-refractivity contribution in [1.29, 1.82) is 5.26 Å². The summed E-state index contributed by atoms with van der Waals surface area (Å²) in [7, 11) is 0. The Morgan fingerprint density at radius 2 is 1.88 bits per heavy atom. The lowest BCUT2D eigenvalue weighted by atomic mass is 10.0. The first-order chi connectivity index (χ1) is 7.70. The summed E-state index contributed by atoms with van der Waals surface area (Å²) in [6.45, 7) is 0. The van der Waals surface area contributed by atoms with E-state index >= 15 is 0 Å². The topological polar surface area (TPSA) is 70.0 Å². The first-order valence-electron chi connectivity index (χ1n) is 4.80. The first-order valence-corrected chi connectivity index (χ1v) is 4.80. The Labute approximate surface area is 106 Å². The molecule has 0 fully saturated rings. The van der Waals surface area contributed by atoms with E-state index in [0.717, 1.165) is 5.56 Å². The highest BCUT2D eigenvalue weighted by Gasteiger charge is 2.04. The number of aromatic hydroxyl groups is 1. The van der Waals surface area contributed by atoms with E-state index in [9.17, 15) is 5.11 Å². The minimum absolute atomic E-state index is 0. The fraction of sp³-hybridized carbons (Fsp3) is 0. The molecule has 0 aliphatic rings. The molecule has 0 saturated heterocycles. The SMILES string of the molecule is Cl.N#Cc1cccc(-c2ccc(N)cc2O)c1. The molecular formula is C13H11ClN2O. The minimum Gasteiger partial charge on any atom is -0.507 e. The molecule has 0 unspecified atom stereocenters. The van der Waals surface area contributed by atoms with Crippen LogP contribution in [0.2, 0.25) is 0 Å². The quantitative estimate of drug-likeness (QED) is 0.760. The van der Waals surface area contributed by atoms with Gasteiger partial charge >= 0.3 is 0 Å². The van der Waals surface area contributed by atoms with Crippen LogP contribution in [0, 0.1) is 11.3 Å². The zero-order valence-corrected chi connectivity index (χ0v) is 9.74. The van der Waals surface area contributed by atoms with Crippen molar-refractivity contribution in [3.8, 4) is 22.9 Å². The molecular weight excluding hydrogens is 236 g/mol. The van der Waals surface area contributed by atoms with E-state index in [-0.39, 0.29) is 18.2 Å². The number of anilines is 1. The number of benzene rings is 2. The molecule has 17 heavy (non-hydrogen) atoms. The van der Waals surface area contributed by atoms with E-state index in [0.29, 0.717) is 16.8 Å². The van der Waals surface area contributed by atoms with Gasteiger partial charge in [0.2, 0.25) is 0 Å². The number of halogens is 1. The van der Waals surface area contributed by atoms with Crippen molar-refractivity contribution in [3.63, 3.8) is 0 Å². The van der Waals surface area contributed by atoms with Gasteiger partial charge in [0.25, 0.3) is 0 Å². The molecule has 3 nitrogen and oxygen atoms in total. The Morgan fingerprint density at radius 3 is 2.53 bits per heavy atom. The average Bonchev–Trinajstić information content (AvgIpc) is 2.29. The number of hydrogen-bond donors (Lipinski definition) is 2. The van der Waals surface area contributed by atoms with Gasteiger partial charge in [-0.15, -0.1) is 12.4 Å². The van der Waals surface area contributed by atoms with Gasteiger partial charge < -0.3 is 10.8 Å². The van der Waals surface area contributed by atoms with Crippen molar-refractivity contribution in [2.45, 2.75) is 0 Å². The number of rotatable bonds is 1. The van der Waals surface area contributed by atoms with E-state index < -0.39 is 0 Å². The highest BCUT2D eigenvalue weighted by atomic mass is 35.5. The molecule has 2 aromatic rings. The number of phenolic OH excluding ortho intramolecular Hbond substituents is 1. The minimum atomic E-state index is 0. The van der Waals surface area contributed by atoms with Crippen LogP contribution < -0.4 is 5.73 Å². The zero-order chi connectivity index (χ0) is 11.5. The van der Waals surface area contributed by atoms with Crippen molar-refractivity contribution >= 4 is 18.1 Å². The van der Waals surface area contributed by atoms with Gasteiger partial charge in [0.15, 0.2) is 0 Å². The molecule has 0 atom stereocenters. The maximum atomic E-state index is 9.75. The van der Waals surface area contributed by atoms with Crippen LogP contribution in [0.5, 0.6) is 5.75 Å². The van der Waals surface area contributed by atoms with Crippen molar-refractivity contribution in [2.24, 2.45) is 0 Å². The average molecular weight is 247 g/mol. The van der Waals surface area contributed by atoms with Crippen LogP contribution >= 0.6 is 12.4 Å². The smallest absolute Gasteiger partial charge is 0.125 e. The molecule has 4 heteroatoms. The fourth-order valence-corrected chi connectivity index (χ4v) is 1.55. The predicted molar refractivity (Wildman–Crippen MR) is 69.9 cm³/mol. The number of nitrogens with two attached hydrogens (primary N) is 1. The summed E-state index contributed by atoms with van der Waals surface area (Å²) in [5, 5.41) is 18.5. The predicted octanol–water partition coefficient (Wildman–Crippen LogP) is 2.93. The van der Waals surface area contributed by atoms with Crippen LogP contribution in [0.15, 0.2) is 42.5 Å². The molecule has 0 aliphatic heterocycles. The van der Waals surface area contributed by atoms with Gasteiger partial charge in [-0.25, -0.2) is 0 Å². The van der Waals surface area contributed by atoms with Gasteiger partial charge in [-0.1, -0.05) is 12.1 Å². The van der Waals surface area contributed by atoms with Crippen LogP contribution in [-0.4, -0.2) is 5.11 Å². The second kappa shape index (κ2) is 5.24. The molecule has 0 aromatic heterocycles. The van der Waals surface area contributed by atoms with Gasteiger partial charge in [0.05, 0.1) is 11.6 Å². The summed E-state index contributed by atoms with van der Waals surface area (Å²) in [5.74, 6) is 0.120. The first kappa shape index (κ1) is 12.9. The Balaban J connectivity index is 0.00000144. The Morgan fingerprint density at radius 1 is 1.12 bits per heavy atom. The van der Waals surface area contributed by atoms with Crippen molar-refractivity contribution in [1.82, 2.24) is 0 Å². The number of nitrogen functional groups attached to an aromatic ring is 1. The van der Waals surface area contributed by atoms with Gasteiger partial charge in [-0.3, -0.25) is 0 Å². The maximum Gasteiger partial charge on any atom is 0.125 e. The molecule has 0 heterocycles. The second-order valence-electron chi connectivity index (χ2n) is 3.47. The summed E-state index contributed by atoms with van der Waals surface area (Å²) in [6.07, 6.45) is 0. The monoisotopic (exact) mass is 246 g/mol. The number of nitrogens with zero attached hydrogens (tertiary/aromatic N) is 1. The van der Waals surface area contributed by atoms with Crippen molar-refractivity contribution in [3.05, 3.63) is 48.0 Å². The molecule has 0 aliphatic carbocycles. The third-order valence-corrected chi connectivity index (χ3v) is 2.32. The summed E-state index contributed by atoms with van der Waals surface area (Å²) in [5.41, 5.74) is 8.10. The maximum absolute atomic E-state index is 9.75. The van der Waals surface area contributed by atoms with E-state index in [1.807, 2.05) is 6.07 Å². The lowest BCUT2D eigenvalue weighted by Gasteiger charge is -2.05. The number of nitriles is 1. The van der Waals surface area contributed by atoms with E-state index in [1.54, 1.807) is 30.3 Å². The van der Waals surface area contributed by atoms with Crippen LogP contribution in [-0.2, 0) is 0 Å². The Hall–Kier alpha value is -2.18. The van der Waals surface area contributed by atoms with E-state index in [2.05, 4.69) is 6.07 Å². The van der Waals surface area contributed by atoms with Crippen LogP contribution in [0.25, 0.3) is 11.1 Å². The lowest BCUT2D eigenvalue weighted by molar-refractivity contribution is 0.477. The van der Waals surface area contributed by atoms with E-state index in [4.69, 9.17) is 11.0 Å². The largest absolute Gasteiger partial charge is 0.507 e. The van der Waals surface area contributed by atoms with Gasteiger partial charge in [0, 0.05) is 17.3 Å². The molecule has 0 spiro atoms. The summed E-state index contributed by atoms with van der Waals surface area (Å²) in [6, 6.07) is 14.1. The summed E-state index contributed by atoms with van der Waals surface area (Å²) < 4.78 is 0. The summed E-state index contributed by atoms with van der Waals surface area (Å²) in [4.78, 5) is 0. The third-order valence-electron chi connectivity index (χ3n) is 2.32. The van der Waals surface area contributed by atoms with E-state index in [1.165, 1.54) is 6.07 Å². The molecule has 0 bridgehead atoms. The van der Waals surface area contributed by atoms with Crippen molar-refractivity contribution < 1.29 is 5.11 Å². The second-order valence-corrected chi connectivity index (χ2v) is 3.47. The Kier molecular flexibility index (Phi) is 3.97. The standard InChI is InChI=1S/C13H10N2O.ClH/c14-8-9-2-1-3-10(6-9)12-5-4-11(15)7-13(12)16;/h1-7,16H,15H2;1H. The lowest BCUT2D eigenvalue weighted by Crippen LogP contribution is -1.86. The molecule has 2 rings (SSSR count). The molecule has 0 amide bonds. The Bertz CT molecular complexity index is 576. The number of phenols is 1. The molecule has 0 radical (unpaired) electrons. The zero-order valence-electron chi connectivity index (χ0n) is 8.92. The highest BCUT2D eigenvalue weighted by molar-refractivity contribution is 5.85. The number of hydrogen-bond acceptors (Lipinski definition) is 3. The highest BCUT2D eigenvalue weighted by Crippen LogP contribution is 2.30. The molecule has 86 valence electrons. The van der Waals surface area contributed by atoms with Gasteiger partial charge in [-0.2, -0.15) is 5.26 Å². The summed E-state index contributed by atoms with van der Waals surface area (Å²) >= 11 is 0. The normalized spacial score (nSPS) is 9.12. The molecule has 3 N–H and O–H groups in total. The van der Waals surface area contributed by atoms with Gasteiger partial charge in [-0.05, 0) is 29.8 Å². The van der Waals surface area contributed by atoms with Crippen LogP contribution in [0.1, 0.15) is 5.56 Å². The fourth-order valence-electron chi connectivity index (χ4n) is 1.55.